The van der Waals surface area contributed by atoms with Crippen LogP contribution in [0.5, 0.6) is 0 Å². The van der Waals surface area contributed by atoms with Gasteiger partial charge in [-0.05, 0) is 131 Å². The Morgan fingerprint density at radius 2 is 1.62 bits per heavy atom. The van der Waals surface area contributed by atoms with E-state index in [2.05, 4.69) is 5.32 Å². The zero-order valence-electron chi connectivity index (χ0n) is 46.3. The minimum Gasteiger partial charge on any atom is -0.459 e. The van der Waals surface area contributed by atoms with Gasteiger partial charge in [-0.3, -0.25) is 19.3 Å². The molecule has 0 bridgehead atoms. The van der Waals surface area contributed by atoms with Crippen molar-refractivity contribution in [2.45, 2.75) is 230 Å². The largest absolute Gasteiger partial charge is 0.459 e. The molecule has 0 radical (unpaired) electrons. The molecule has 17 nitrogen and oxygen atoms in total. The van der Waals surface area contributed by atoms with Gasteiger partial charge in [0.25, 0.3) is 5.91 Å². The van der Waals surface area contributed by atoms with Crippen LogP contribution < -0.4 is 5.32 Å². The molecule has 22 atom stereocenters. The molecule has 5 fully saturated rings. The van der Waals surface area contributed by atoms with Crippen molar-refractivity contribution in [2.24, 2.45) is 40.4 Å². The predicted octanol–water partition coefficient (Wildman–Crippen LogP) is 4.02. The van der Waals surface area contributed by atoms with Crippen molar-refractivity contribution in [3.05, 3.63) is 23.6 Å². The maximum absolute atomic E-state index is 18.1. The smallest absolute Gasteiger partial charge is 0.311 e. The number of ketones is 1. The molecular formula is C55H89F2N3O14. The lowest BCUT2D eigenvalue weighted by atomic mass is 9.45. The first kappa shape index (κ1) is 59.1. The number of alkyl halides is 1. The first-order valence-corrected chi connectivity index (χ1v) is 27.2. The molecule has 7 N–H and O–H groups in total. The number of esters is 1. The molecule has 1 amide bonds. The maximum Gasteiger partial charge on any atom is 0.311 e. The Hall–Kier alpha value is -2.53. The summed E-state index contributed by atoms with van der Waals surface area (Å²) in [5, 5.41) is 75.2. The summed E-state index contributed by atoms with van der Waals surface area (Å²) in [6, 6.07) is -1.13. The first-order chi connectivity index (χ1) is 34.1. The molecular weight excluding hydrogens is 965 g/mol. The van der Waals surface area contributed by atoms with Gasteiger partial charge in [-0.2, -0.15) is 0 Å². The molecule has 3 heterocycles. The minimum absolute atomic E-state index is 0.0455. The number of carbonyl (C=O) groups is 3. The Morgan fingerprint density at radius 1 is 0.959 bits per heavy atom. The number of fused-ring (bicyclic) bond motifs is 7. The van der Waals surface area contributed by atoms with Gasteiger partial charge in [-0.1, -0.05) is 33.8 Å². The number of amides is 1. The number of allylic oxidation sites excluding steroid dienone is 4. The minimum atomic E-state index is -2.35. The number of hydrogen-bond acceptors (Lipinski definition) is 16. The zero-order chi connectivity index (χ0) is 55.2. The summed E-state index contributed by atoms with van der Waals surface area (Å²) < 4.78 is 66.1. The van der Waals surface area contributed by atoms with Crippen LogP contribution in [-0.4, -0.2) is 187 Å². The summed E-state index contributed by atoms with van der Waals surface area (Å²) in [6.45, 7) is 20.6. The van der Waals surface area contributed by atoms with E-state index in [9.17, 15) is 40.2 Å². The van der Waals surface area contributed by atoms with Gasteiger partial charge in [0, 0.05) is 67.2 Å². The lowest BCUT2D eigenvalue weighted by molar-refractivity contribution is -0.299. The molecule has 3 aliphatic heterocycles. The molecule has 7 rings (SSSR count). The summed E-state index contributed by atoms with van der Waals surface area (Å²) in [6.07, 6.45) is -7.48. The van der Waals surface area contributed by atoms with E-state index in [4.69, 9.17) is 23.7 Å². The van der Waals surface area contributed by atoms with Gasteiger partial charge >= 0.3 is 5.97 Å². The third-order valence-electron chi connectivity index (χ3n) is 19.2. The van der Waals surface area contributed by atoms with Gasteiger partial charge in [0.1, 0.15) is 29.7 Å². The maximum atomic E-state index is 18.1. The number of likely N-dealkylation sites (N-methyl/N-ethyl adjacent to an activating group) is 1. The van der Waals surface area contributed by atoms with Crippen molar-refractivity contribution in [3.8, 4) is 0 Å². The van der Waals surface area contributed by atoms with E-state index < -0.39 is 136 Å². The lowest BCUT2D eigenvalue weighted by Gasteiger charge is -2.62. The van der Waals surface area contributed by atoms with Crippen molar-refractivity contribution < 1.29 is 77.5 Å². The van der Waals surface area contributed by atoms with Crippen molar-refractivity contribution >= 4 is 17.7 Å². The molecule has 0 aromatic heterocycles. The third-order valence-corrected chi connectivity index (χ3v) is 19.2. The van der Waals surface area contributed by atoms with Crippen LogP contribution in [0.4, 0.5) is 8.78 Å². The van der Waals surface area contributed by atoms with Crippen molar-refractivity contribution in [1.82, 2.24) is 15.1 Å². The Morgan fingerprint density at radius 3 is 2.26 bits per heavy atom. The molecule has 5 unspecified atom stereocenters. The van der Waals surface area contributed by atoms with Crippen LogP contribution in [0.25, 0.3) is 0 Å². The fourth-order valence-corrected chi connectivity index (χ4v) is 15.2. The normalized spacial score (nSPS) is 49.3. The van der Waals surface area contributed by atoms with Crippen LogP contribution in [0.3, 0.4) is 0 Å². The molecule has 4 aliphatic carbocycles. The molecule has 19 heteroatoms. The number of aliphatic hydroxyl groups excluding tert-OH is 4. The molecule has 74 heavy (non-hydrogen) atoms. The number of halogens is 2. The van der Waals surface area contributed by atoms with E-state index >= 15 is 13.6 Å². The zero-order valence-corrected chi connectivity index (χ0v) is 46.3. The Bertz CT molecular complexity index is 2160. The van der Waals surface area contributed by atoms with E-state index in [-0.39, 0.29) is 87.6 Å². The summed E-state index contributed by atoms with van der Waals surface area (Å²) >= 11 is 0. The van der Waals surface area contributed by atoms with Crippen LogP contribution in [0.1, 0.15) is 134 Å². The Labute approximate surface area is 436 Å². The van der Waals surface area contributed by atoms with Crippen LogP contribution in [0.15, 0.2) is 23.6 Å². The Kier molecular flexibility index (Phi) is 16.7. The predicted molar refractivity (Wildman–Crippen MR) is 268 cm³/mol. The second-order valence-corrected chi connectivity index (χ2v) is 25.2. The van der Waals surface area contributed by atoms with Crippen molar-refractivity contribution in [1.29, 1.82) is 0 Å². The van der Waals surface area contributed by atoms with Crippen LogP contribution in [0, 0.1) is 40.4 Å². The fourth-order valence-electron chi connectivity index (χ4n) is 15.2. The highest BCUT2D eigenvalue weighted by molar-refractivity contribution is 5.94. The SMILES string of the molecule is CC[C@H]1OC(=O)[C@H](C)C(O)[C@H](C)C(O[C@@H]2O[C@H](C)C[C@@H](N(C)C)C2O)[C@](C)(O)C[C@@H](C)CN(CCCNC(=O)[C@@]23OC(C)(C)O[C@@H]2CC2C4CC(F)=C5CC(=O)C=C[C@]5(C)[C@@]4(F)[C@@H](O)C[C@@]23C)[C@H](C)[C@@H](O)[C@]1(C)O. The number of cyclic esters (lactones) is 1. The molecule has 7 aliphatic rings. The first-order valence-electron chi connectivity index (χ1n) is 27.2. The second kappa shape index (κ2) is 20.9. The van der Waals surface area contributed by atoms with E-state index in [1.165, 1.54) is 32.9 Å². The van der Waals surface area contributed by atoms with Crippen LogP contribution in [0.2, 0.25) is 0 Å². The molecule has 422 valence electrons. The standard InChI is InChI=1S/C55H89F2N3O14/c1-15-40-53(12,69)44(65)32(6)60(27-28(2)25-52(11,68)45(30(4)42(63)31(5)46(66)71-40)72-47-43(64)38(59(13)14)21-29(3)70-47)20-16-19-58-48(67)55-41(73-49(7,8)74-55)24-34-35-23-37(56)36-22-33(61)17-18-50(36,9)54(35,57)39(62)26-51(34,55)10/h17-18,28-32,34-35,38-45,47,62-65,68-69H,15-16,19-27H2,1-14H3,(H,58,67)/t28-,29-,30+,31-,32-,34?,35?,38-,39+,40-,41-,42?,43?,44-,45?,47+,50+,51+,52-,53-,54+,55+/m1/s1. The summed E-state index contributed by atoms with van der Waals surface area (Å²) in [7, 11) is 3.69. The third kappa shape index (κ3) is 9.89. The van der Waals surface area contributed by atoms with E-state index in [1.807, 2.05) is 37.7 Å². The number of ether oxygens (including phenoxy) is 5. The number of carbonyl (C=O) groups excluding carboxylic acids is 3. The van der Waals surface area contributed by atoms with Gasteiger partial charge in [0.2, 0.25) is 0 Å². The van der Waals surface area contributed by atoms with E-state index in [0.717, 1.165) is 0 Å². The van der Waals surface area contributed by atoms with E-state index in [0.29, 0.717) is 12.8 Å². The van der Waals surface area contributed by atoms with Crippen LogP contribution >= 0.6 is 0 Å². The monoisotopic (exact) mass is 1050 g/mol. The highest BCUT2D eigenvalue weighted by Gasteiger charge is 2.80. The number of nitrogens with one attached hydrogen (secondary N) is 1. The topological polar surface area (TPSA) is 237 Å². The molecule has 2 saturated carbocycles. The van der Waals surface area contributed by atoms with Gasteiger partial charge in [0.15, 0.2) is 29.1 Å². The molecule has 3 saturated heterocycles. The molecule has 0 aromatic carbocycles. The van der Waals surface area contributed by atoms with Crippen molar-refractivity contribution in [3.63, 3.8) is 0 Å². The summed E-state index contributed by atoms with van der Waals surface area (Å²) in [5.74, 6) is -7.72. The number of aliphatic hydroxyl groups is 6. The fraction of sp³-hybridized carbons (Fsp3) is 0.873. The number of rotatable bonds is 9. The highest BCUT2D eigenvalue weighted by atomic mass is 19.1. The quantitative estimate of drug-likeness (QED) is 0.128. The number of hydrogen-bond donors (Lipinski definition) is 7. The lowest BCUT2D eigenvalue weighted by Crippen LogP contribution is -2.70. The number of nitrogens with zero attached hydrogens (tertiary/aromatic N) is 2. The average molecular weight is 1050 g/mol. The molecule has 0 aromatic rings. The summed E-state index contributed by atoms with van der Waals surface area (Å²) in [4.78, 5) is 45.2. The Balaban J connectivity index is 1.14. The van der Waals surface area contributed by atoms with Crippen molar-refractivity contribution in [2.75, 3.05) is 33.7 Å². The second-order valence-electron chi connectivity index (χ2n) is 25.2. The van der Waals surface area contributed by atoms with Gasteiger partial charge in [-0.15, -0.1) is 0 Å². The van der Waals surface area contributed by atoms with Crippen LogP contribution in [-0.2, 0) is 38.1 Å². The van der Waals surface area contributed by atoms with E-state index in [1.54, 1.807) is 48.5 Å². The van der Waals surface area contributed by atoms with Gasteiger partial charge in [-0.25, -0.2) is 8.78 Å². The highest BCUT2D eigenvalue weighted by Crippen LogP contribution is 2.72. The van der Waals surface area contributed by atoms with Gasteiger partial charge < -0.3 is 64.5 Å². The summed E-state index contributed by atoms with van der Waals surface area (Å²) in [5.41, 5.74) is -10.5. The van der Waals surface area contributed by atoms with Gasteiger partial charge in [0.05, 0.1) is 42.0 Å². The average Bonchev–Trinajstić information content (AvgIpc) is 3.73. The molecule has 0 spiro atoms.